The summed E-state index contributed by atoms with van der Waals surface area (Å²) in [4.78, 5) is 144. The SMILES string of the molecule is C=CC(=O)OC(C)c1cc(C)c(OCCCC(=O)CCCCOCCOCC(COCCOCCCCC(=O)CCCOc2cc([N+](=O)[O-])c(C(C)OC(=O)C=C)cc2OC)(COCCOCCCNC(=O)CCCOc2cc([N+](=O)[O-])c(C(C)OC(=O)C=C)cc2C)COCCOCCCNC(=O)CCCOc2cc([N+](=O)[O-])c(C(C)OC(=O)C=C)cc2OC)cc1[N+](=O)[O-]. The smallest absolute Gasteiger partial charge is 0.330 e. The fourth-order valence-corrected chi connectivity index (χ4v) is 12.8. The maximum atomic E-state index is 12.9. The molecule has 4 rings (SSSR count). The Morgan fingerprint density at radius 3 is 0.863 bits per heavy atom. The van der Waals surface area contributed by atoms with Crippen LogP contribution in [0.3, 0.4) is 0 Å². The van der Waals surface area contributed by atoms with Crippen LogP contribution in [0.4, 0.5) is 22.7 Å². The first-order chi connectivity index (χ1) is 62.8. The minimum atomic E-state index is -1.00. The molecule has 0 spiro atoms. The van der Waals surface area contributed by atoms with E-state index in [4.69, 9.17) is 85.3 Å². The number of rotatable bonds is 76. The number of hydrogen-bond acceptors (Lipinski definition) is 34. The summed E-state index contributed by atoms with van der Waals surface area (Å²) in [5.41, 5.74) is -0.536. The summed E-state index contributed by atoms with van der Waals surface area (Å²) in [5.74, 6) is -2.52. The first kappa shape index (κ1) is 111. The monoisotopic (exact) mass is 1850 g/mol. The Morgan fingerprint density at radius 1 is 0.328 bits per heavy atom. The Hall–Kier alpha value is -11.9. The van der Waals surface area contributed by atoms with E-state index < -0.39 is 73.4 Å². The lowest BCUT2D eigenvalue weighted by Gasteiger charge is -2.33. The molecule has 0 fully saturated rings. The highest BCUT2D eigenvalue weighted by Gasteiger charge is 2.34. The number of nitrogens with one attached hydrogen (secondary N) is 2. The van der Waals surface area contributed by atoms with Gasteiger partial charge >= 0.3 is 23.9 Å². The fraction of sp³-hybridized carbons (Fsp3) is 0.560. The predicted octanol–water partition coefficient (Wildman–Crippen LogP) is 13.5. The highest BCUT2D eigenvalue weighted by molar-refractivity contribution is 5.83. The van der Waals surface area contributed by atoms with E-state index in [1.165, 1.54) is 90.4 Å². The molecule has 0 aliphatic carbocycles. The van der Waals surface area contributed by atoms with Gasteiger partial charge in [-0.15, -0.1) is 0 Å². The maximum Gasteiger partial charge on any atom is 0.330 e. The first-order valence-corrected chi connectivity index (χ1v) is 43.2. The molecule has 724 valence electrons. The minimum Gasteiger partial charge on any atom is -0.493 e. The molecule has 131 heavy (non-hydrogen) atoms. The van der Waals surface area contributed by atoms with Crippen molar-refractivity contribution in [3.8, 4) is 34.5 Å². The lowest BCUT2D eigenvalue weighted by Crippen LogP contribution is -2.43. The van der Waals surface area contributed by atoms with Gasteiger partial charge in [-0.1, -0.05) is 26.3 Å². The third kappa shape index (κ3) is 43.1. The zero-order valence-electron chi connectivity index (χ0n) is 76.1. The number of ketones is 2. The van der Waals surface area contributed by atoms with Gasteiger partial charge in [-0.25, -0.2) is 19.2 Å². The van der Waals surface area contributed by atoms with Crippen LogP contribution in [0.15, 0.2) is 99.2 Å². The average Bonchev–Trinajstić information content (AvgIpc) is 0.800. The predicted molar refractivity (Wildman–Crippen MR) is 475 cm³/mol. The number of unbranched alkanes of at least 4 members (excludes halogenated alkanes) is 2. The number of amides is 2. The van der Waals surface area contributed by atoms with Gasteiger partial charge in [0.1, 0.15) is 47.5 Å². The van der Waals surface area contributed by atoms with Gasteiger partial charge in [0.25, 0.3) is 22.7 Å². The lowest BCUT2D eigenvalue weighted by molar-refractivity contribution is -0.386. The lowest BCUT2D eigenvalue weighted by atomic mass is 9.92. The molecule has 0 bridgehead atoms. The Bertz CT molecular complexity index is 4110. The number of nitro groups is 4. The molecule has 2 N–H and O–H groups in total. The number of carbonyl (C=O) groups excluding carboxylic acids is 8. The summed E-state index contributed by atoms with van der Waals surface area (Å²) < 4.78 is 104. The molecule has 0 aliphatic rings. The minimum absolute atomic E-state index is 0.00862. The van der Waals surface area contributed by atoms with Gasteiger partial charge in [0.2, 0.25) is 11.8 Å². The number of benzene rings is 4. The molecule has 5 unspecified atom stereocenters. The number of Topliss-reactive ketones (excluding diaryl/α,β-unsaturated/α-hetero) is 2. The second-order valence-corrected chi connectivity index (χ2v) is 30.0. The normalized spacial score (nSPS) is 12.4. The summed E-state index contributed by atoms with van der Waals surface area (Å²) in [6.45, 7) is 26.4. The van der Waals surface area contributed by atoms with Crippen LogP contribution in [0.1, 0.15) is 188 Å². The third-order valence-corrected chi connectivity index (χ3v) is 19.7. The van der Waals surface area contributed by atoms with Crippen molar-refractivity contribution in [3.63, 3.8) is 0 Å². The molecule has 4 aromatic rings. The second kappa shape index (κ2) is 63.2. The van der Waals surface area contributed by atoms with Crippen LogP contribution in [-0.2, 0) is 95.2 Å². The van der Waals surface area contributed by atoms with Crippen LogP contribution in [0.25, 0.3) is 0 Å². The largest absolute Gasteiger partial charge is 0.493 e. The van der Waals surface area contributed by atoms with Crippen molar-refractivity contribution < 1.29 is 143 Å². The molecular weight excluding hydrogens is 1720 g/mol. The molecule has 0 aromatic heterocycles. The third-order valence-electron chi connectivity index (χ3n) is 19.7. The van der Waals surface area contributed by atoms with Crippen molar-refractivity contribution in [2.45, 2.75) is 169 Å². The zero-order valence-corrected chi connectivity index (χ0v) is 76.1. The van der Waals surface area contributed by atoms with Crippen LogP contribution < -0.4 is 39.1 Å². The Morgan fingerprint density at radius 2 is 0.580 bits per heavy atom. The topological polar surface area (TPSA) is 499 Å². The van der Waals surface area contributed by atoms with Gasteiger partial charge in [0, 0.05) is 102 Å². The highest BCUT2D eigenvalue weighted by atomic mass is 16.7. The summed E-state index contributed by atoms with van der Waals surface area (Å²) >= 11 is 0. The van der Waals surface area contributed by atoms with Gasteiger partial charge in [-0.2, -0.15) is 0 Å². The zero-order chi connectivity index (χ0) is 96.5. The highest BCUT2D eigenvalue weighted by Crippen LogP contribution is 2.42. The summed E-state index contributed by atoms with van der Waals surface area (Å²) in [5, 5.41) is 53.6. The quantitative estimate of drug-likeness (QED) is 0.0103. The van der Waals surface area contributed by atoms with E-state index in [9.17, 15) is 78.8 Å². The van der Waals surface area contributed by atoms with E-state index in [-0.39, 0.29) is 267 Å². The molecule has 0 saturated heterocycles. The van der Waals surface area contributed by atoms with E-state index in [1.807, 2.05) is 0 Å². The summed E-state index contributed by atoms with van der Waals surface area (Å²) in [7, 11) is 2.71. The Balaban J connectivity index is 1.35. The van der Waals surface area contributed by atoms with Gasteiger partial charge in [0.15, 0.2) is 23.0 Å². The van der Waals surface area contributed by atoms with Gasteiger partial charge in [-0.3, -0.25) is 59.6 Å². The van der Waals surface area contributed by atoms with Crippen molar-refractivity contribution >= 4 is 70.0 Å². The maximum absolute atomic E-state index is 12.9. The van der Waals surface area contributed by atoms with Gasteiger partial charge < -0.3 is 95.9 Å². The van der Waals surface area contributed by atoms with Crippen LogP contribution >= 0.6 is 0 Å². The number of aryl methyl sites for hydroxylation is 2. The Labute approximate surface area is 761 Å². The van der Waals surface area contributed by atoms with Crippen LogP contribution in [0.5, 0.6) is 34.5 Å². The number of ether oxygens (including phenoxy) is 18. The number of hydrogen-bond donors (Lipinski definition) is 2. The molecule has 40 nitrogen and oxygen atoms in total. The van der Waals surface area contributed by atoms with Gasteiger partial charge in [-0.05, 0) is 141 Å². The summed E-state index contributed by atoms with van der Waals surface area (Å²) in [6.07, 6.45) is 5.53. The number of carbonyl (C=O) groups is 8. The second-order valence-electron chi connectivity index (χ2n) is 30.0. The molecule has 0 radical (unpaired) electrons. The summed E-state index contributed by atoms with van der Waals surface area (Å²) in [6, 6.07) is 10.7. The number of nitro benzene ring substituents is 4. The Kier molecular flexibility index (Phi) is 53.7. The number of methoxy groups -OCH3 is 2. The number of esters is 4. The molecule has 4 aromatic carbocycles. The van der Waals surface area contributed by atoms with E-state index in [1.54, 1.807) is 13.8 Å². The van der Waals surface area contributed by atoms with Crippen LogP contribution in [0, 0.1) is 59.7 Å². The average molecular weight is 1850 g/mol. The van der Waals surface area contributed by atoms with E-state index in [0.717, 1.165) is 24.3 Å². The van der Waals surface area contributed by atoms with Crippen molar-refractivity contribution in [1.82, 2.24) is 10.6 Å². The molecule has 0 saturated carbocycles. The van der Waals surface area contributed by atoms with Crippen molar-refractivity contribution in [3.05, 3.63) is 173 Å². The standard InChI is InChI=1S/C91H126N6O34/c1-13-87(102)128-65(7)71-51-63(5)79(55-75(71)94(106)107)124-39-21-29-69(98)27-17-19-35-116-43-47-120-59-91(61-122-49-45-118-37-25-33-92-85(100)31-23-41-125-80-56-76(95(108)109)72(52-64(80)6)66(8)129-88(103)14-2,60-121-48-44-117-36-20-18-28-70(99)30-22-40-126-83-57-77(96(110)111)73(53-81(83)114-11)67(9)130-89(104)15-3)62-123-50-46-119-38-26-34-93-86(101)32-24-42-127-84-58-78(97(112)113)74(54-82(84)115-12)68(10)131-90(105)16-4/h13-16,51-58,65-68H,1-4,17-50,59-62H2,5-12H3,(H,92,100)(H,93,101). The van der Waals surface area contributed by atoms with E-state index in [0.29, 0.717) is 95.1 Å². The molecular formula is C91H126N6O34. The fourth-order valence-electron chi connectivity index (χ4n) is 12.8. The van der Waals surface area contributed by atoms with E-state index in [2.05, 4.69) is 36.9 Å². The molecule has 0 heterocycles. The van der Waals surface area contributed by atoms with Crippen LogP contribution in [0.2, 0.25) is 0 Å². The van der Waals surface area contributed by atoms with Gasteiger partial charge in [0.05, 0.1) is 192 Å². The van der Waals surface area contributed by atoms with Crippen molar-refractivity contribution in [2.24, 2.45) is 5.41 Å². The molecule has 40 heteroatoms. The number of nitrogens with zero attached hydrogens (tertiary/aromatic N) is 4. The van der Waals surface area contributed by atoms with Crippen molar-refractivity contribution in [2.75, 3.05) is 159 Å². The molecule has 5 atom stereocenters. The van der Waals surface area contributed by atoms with Crippen molar-refractivity contribution in [1.29, 1.82) is 0 Å². The van der Waals surface area contributed by atoms with Crippen LogP contribution in [-0.4, -0.2) is 226 Å². The van der Waals surface area contributed by atoms with E-state index >= 15 is 0 Å². The molecule has 0 aliphatic heterocycles. The first-order valence-electron chi connectivity index (χ1n) is 43.2. The molecule has 2 amide bonds.